The van der Waals surface area contributed by atoms with Crippen molar-refractivity contribution >= 4 is 27.7 Å². The van der Waals surface area contributed by atoms with Crippen molar-refractivity contribution in [3.63, 3.8) is 0 Å². The summed E-state index contributed by atoms with van der Waals surface area (Å²) in [5, 5.41) is 19.7. The fourth-order valence-corrected chi connectivity index (χ4v) is 1.92. The van der Waals surface area contributed by atoms with Gasteiger partial charge in [0, 0.05) is 4.47 Å². The minimum absolute atomic E-state index is 0.0668. The van der Waals surface area contributed by atoms with Crippen molar-refractivity contribution in [2.75, 3.05) is 5.32 Å². The lowest BCUT2D eigenvalue weighted by molar-refractivity contribution is 0.0697. The number of halogens is 1. The standard InChI is InChI=1S/C13H12BrN3O2/c1-8(9-2-4-10(14)5-3-9)16-12-11(13(18)19)6-7-15-17-12/h2-8H,1H3,(H,16,17)(H,18,19). The first-order valence-electron chi connectivity index (χ1n) is 5.65. The zero-order chi connectivity index (χ0) is 13.8. The summed E-state index contributed by atoms with van der Waals surface area (Å²) in [6.07, 6.45) is 1.36. The lowest BCUT2D eigenvalue weighted by Crippen LogP contribution is -2.12. The zero-order valence-electron chi connectivity index (χ0n) is 10.2. The molecule has 1 aromatic carbocycles. The fraction of sp³-hybridized carbons (Fsp3) is 0.154. The smallest absolute Gasteiger partial charge is 0.339 e. The number of aromatic nitrogens is 2. The topological polar surface area (TPSA) is 75.1 Å². The molecule has 1 unspecified atom stereocenters. The van der Waals surface area contributed by atoms with Gasteiger partial charge in [0.1, 0.15) is 5.56 Å². The predicted molar refractivity (Wildman–Crippen MR) is 75.2 cm³/mol. The highest BCUT2D eigenvalue weighted by molar-refractivity contribution is 9.10. The third-order valence-corrected chi connectivity index (χ3v) is 3.20. The molecule has 19 heavy (non-hydrogen) atoms. The Morgan fingerprint density at radius 2 is 2.00 bits per heavy atom. The van der Waals surface area contributed by atoms with Gasteiger partial charge in [-0.2, -0.15) is 5.10 Å². The van der Waals surface area contributed by atoms with Crippen LogP contribution in [0.3, 0.4) is 0 Å². The molecular formula is C13H12BrN3O2. The van der Waals surface area contributed by atoms with E-state index in [1.807, 2.05) is 31.2 Å². The number of hydrogen-bond acceptors (Lipinski definition) is 4. The van der Waals surface area contributed by atoms with Crippen LogP contribution in [0.5, 0.6) is 0 Å². The summed E-state index contributed by atoms with van der Waals surface area (Å²) in [7, 11) is 0. The molecule has 0 amide bonds. The highest BCUT2D eigenvalue weighted by atomic mass is 79.9. The van der Waals surface area contributed by atoms with Gasteiger partial charge in [-0.3, -0.25) is 0 Å². The summed E-state index contributed by atoms with van der Waals surface area (Å²) in [5.74, 6) is -0.758. The Hall–Kier alpha value is -1.95. The van der Waals surface area contributed by atoms with Crippen molar-refractivity contribution in [2.24, 2.45) is 0 Å². The van der Waals surface area contributed by atoms with Crippen LogP contribution >= 0.6 is 15.9 Å². The number of carbonyl (C=O) groups is 1. The molecule has 0 bridgehead atoms. The van der Waals surface area contributed by atoms with Crippen molar-refractivity contribution in [1.82, 2.24) is 10.2 Å². The SMILES string of the molecule is CC(Nc1nnccc1C(=O)O)c1ccc(Br)cc1. The molecule has 1 atom stereocenters. The second-order valence-corrected chi connectivity index (χ2v) is 4.93. The van der Waals surface area contributed by atoms with E-state index in [2.05, 4.69) is 31.4 Å². The van der Waals surface area contributed by atoms with Gasteiger partial charge in [-0.15, -0.1) is 5.10 Å². The Bertz CT molecular complexity index is 587. The van der Waals surface area contributed by atoms with Crippen LogP contribution < -0.4 is 5.32 Å². The number of hydrogen-bond donors (Lipinski definition) is 2. The average molecular weight is 322 g/mol. The van der Waals surface area contributed by atoms with Crippen LogP contribution in [0.2, 0.25) is 0 Å². The van der Waals surface area contributed by atoms with E-state index < -0.39 is 5.97 Å². The van der Waals surface area contributed by atoms with Crippen molar-refractivity contribution in [1.29, 1.82) is 0 Å². The van der Waals surface area contributed by atoms with E-state index in [1.54, 1.807) is 0 Å². The van der Waals surface area contributed by atoms with Gasteiger partial charge in [0.2, 0.25) is 0 Å². The fourth-order valence-electron chi connectivity index (χ4n) is 1.65. The Labute approximate surface area is 118 Å². The largest absolute Gasteiger partial charge is 0.478 e. The summed E-state index contributed by atoms with van der Waals surface area (Å²) in [6.45, 7) is 1.93. The van der Waals surface area contributed by atoms with E-state index in [0.717, 1.165) is 10.0 Å². The highest BCUT2D eigenvalue weighted by Crippen LogP contribution is 2.21. The maximum atomic E-state index is 11.1. The van der Waals surface area contributed by atoms with Crippen LogP contribution in [0, 0.1) is 0 Å². The Morgan fingerprint density at radius 3 is 2.63 bits per heavy atom. The minimum atomic E-state index is -1.03. The number of aromatic carboxylic acids is 1. The lowest BCUT2D eigenvalue weighted by Gasteiger charge is -2.15. The molecule has 0 aliphatic heterocycles. The van der Waals surface area contributed by atoms with Crippen LogP contribution in [0.4, 0.5) is 5.82 Å². The second kappa shape index (κ2) is 5.79. The van der Waals surface area contributed by atoms with E-state index >= 15 is 0 Å². The molecule has 0 aliphatic rings. The van der Waals surface area contributed by atoms with Crippen LogP contribution in [-0.2, 0) is 0 Å². The zero-order valence-corrected chi connectivity index (χ0v) is 11.8. The number of carboxylic acids is 1. The van der Waals surface area contributed by atoms with Gasteiger partial charge in [0.15, 0.2) is 5.82 Å². The number of benzene rings is 1. The normalized spacial score (nSPS) is 11.9. The van der Waals surface area contributed by atoms with Gasteiger partial charge in [0.25, 0.3) is 0 Å². The molecule has 0 fully saturated rings. The van der Waals surface area contributed by atoms with E-state index in [-0.39, 0.29) is 17.4 Å². The molecule has 0 saturated heterocycles. The second-order valence-electron chi connectivity index (χ2n) is 4.02. The Morgan fingerprint density at radius 1 is 1.32 bits per heavy atom. The highest BCUT2D eigenvalue weighted by Gasteiger charge is 2.14. The summed E-state index contributed by atoms with van der Waals surface area (Å²) in [6, 6.07) is 9.14. The molecular weight excluding hydrogens is 310 g/mol. The summed E-state index contributed by atoms with van der Waals surface area (Å²) in [5.41, 5.74) is 1.14. The van der Waals surface area contributed by atoms with Gasteiger partial charge >= 0.3 is 5.97 Å². The number of nitrogens with zero attached hydrogens (tertiary/aromatic N) is 2. The quantitative estimate of drug-likeness (QED) is 0.905. The first-order valence-corrected chi connectivity index (χ1v) is 6.44. The van der Waals surface area contributed by atoms with Gasteiger partial charge in [0.05, 0.1) is 12.2 Å². The van der Waals surface area contributed by atoms with E-state index in [1.165, 1.54) is 12.3 Å². The van der Waals surface area contributed by atoms with Gasteiger partial charge in [-0.05, 0) is 30.7 Å². The van der Waals surface area contributed by atoms with Crippen molar-refractivity contribution < 1.29 is 9.90 Å². The Kier molecular flexibility index (Phi) is 4.11. The number of anilines is 1. The third kappa shape index (κ3) is 3.29. The third-order valence-electron chi connectivity index (χ3n) is 2.67. The molecule has 98 valence electrons. The first kappa shape index (κ1) is 13.5. The summed E-state index contributed by atoms with van der Waals surface area (Å²) in [4.78, 5) is 11.1. The molecule has 5 nitrogen and oxygen atoms in total. The molecule has 1 heterocycles. The summed E-state index contributed by atoms with van der Waals surface area (Å²) >= 11 is 3.37. The van der Waals surface area contributed by atoms with Gasteiger partial charge in [-0.25, -0.2) is 4.79 Å². The molecule has 0 saturated carbocycles. The summed E-state index contributed by atoms with van der Waals surface area (Å²) < 4.78 is 0.995. The van der Waals surface area contributed by atoms with E-state index in [4.69, 9.17) is 5.11 Å². The average Bonchev–Trinajstić information content (AvgIpc) is 2.39. The number of rotatable bonds is 4. The number of nitrogens with one attached hydrogen (secondary N) is 1. The van der Waals surface area contributed by atoms with Crippen LogP contribution in [0.1, 0.15) is 28.9 Å². The van der Waals surface area contributed by atoms with Crippen LogP contribution in [0.15, 0.2) is 41.0 Å². The molecule has 2 rings (SSSR count). The Balaban J connectivity index is 2.21. The van der Waals surface area contributed by atoms with Crippen molar-refractivity contribution in [3.05, 3.63) is 52.1 Å². The maximum Gasteiger partial charge on any atom is 0.339 e. The monoisotopic (exact) mass is 321 g/mol. The van der Waals surface area contributed by atoms with Gasteiger partial charge in [-0.1, -0.05) is 28.1 Å². The van der Waals surface area contributed by atoms with Crippen LogP contribution in [-0.4, -0.2) is 21.3 Å². The maximum absolute atomic E-state index is 11.1. The minimum Gasteiger partial charge on any atom is -0.478 e. The molecule has 6 heteroatoms. The van der Waals surface area contributed by atoms with E-state index in [9.17, 15) is 4.79 Å². The van der Waals surface area contributed by atoms with Gasteiger partial charge < -0.3 is 10.4 Å². The molecule has 1 aromatic heterocycles. The molecule has 0 aliphatic carbocycles. The lowest BCUT2D eigenvalue weighted by atomic mass is 10.1. The molecule has 0 radical (unpaired) electrons. The van der Waals surface area contributed by atoms with E-state index in [0.29, 0.717) is 0 Å². The predicted octanol–water partition coefficient (Wildman–Crippen LogP) is 3.11. The molecule has 2 N–H and O–H groups in total. The first-order chi connectivity index (χ1) is 9.08. The number of carboxylic acid groups (broad SMARTS) is 1. The van der Waals surface area contributed by atoms with Crippen molar-refractivity contribution in [3.8, 4) is 0 Å². The molecule has 0 spiro atoms. The van der Waals surface area contributed by atoms with Crippen molar-refractivity contribution in [2.45, 2.75) is 13.0 Å². The van der Waals surface area contributed by atoms with Crippen LogP contribution in [0.25, 0.3) is 0 Å². The molecule has 2 aromatic rings.